The van der Waals surface area contributed by atoms with E-state index in [1.54, 1.807) is 35.4 Å². The van der Waals surface area contributed by atoms with E-state index in [0.717, 1.165) is 0 Å². The molecule has 0 aliphatic carbocycles. The summed E-state index contributed by atoms with van der Waals surface area (Å²) in [6.07, 6.45) is 1.73. The minimum absolute atomic E-state index is 0.0937. The van der Waals surface area contributed by atoms with Gasteiger partial charge in [-0.15, -0.1) is 0 Å². The van der Waals surface area contributed by atoms with E-state index in [9.17, 15) is 14.7 Å². The lowest BCUT2D eigenvalue weighted by Crippen LogP contribution is -2.32. The van der Waals surface area contributed by atoms with Crippen molar-refractivity contribution in [3.8, 4) is 5.75 Å². The first kappa shape index (κ1) is 14.2. The van der Waals surface area contributed by atoms with Crippen molar-refractivity contribution in [2.45, 2.75) is 13.0 Å². The predicted octanol–water partition coefficient (Wildman–Crippen LogP) is 1.65. The Morgan fingerprint density at radius 1 is 1.32 bits per heavy atom. The third-order valence-corrected chi connectivity index (χ3v) is 3.67. The summed E-state index contributed by atoms with van der Waals surface area (Å²) < 4.78 is 5.15. The Kier molecular flexibility index (Phi) is 3.82. The average Bonchev–Trinajstić information content (AvgIpc) is 3.15. The SMILES string of the molecule is O=C(NCc1ccco1)[C@@H]1CC(=O)N(c2ccc(O)cc2)C1. The van der Waals surface area contributed by atoms with E-state index in [-0.39, 0.29) is 29.9 Å². The molecule has 1 aromatic heterocycles. The van der Waals surface area contributed by atoms with Crippen LogP contribution in [0.1, 0.15) is 12.2 Å². The lowest BCUT2D eigenvalue weighted by Gasteiger charge is -2.16. The summed E-state index contributed by atoms with van der Waals surface area (Å²) in [5, 5.41) is 12.1. The number of furan rings is 1. The number of carbonyl (C=O) groups excluding carboxylic acids is 2. The van der Waals surface area contributed by atoms with Gasteiger partial charge in [0.1, 0.15) is 11.5 Å². The molecule has 0 spiro atoms. The zero-order valence-corrected chi connectivity index (χ0v) is 11.9. The highest BCUT2D eigenvalue weighted by Gasteiger charge is 2.35. The number of amides is 2. The van der Waals surface area contributed by atoms with E-state index in [2.05, 4.69) is 5.32 Å². The van der Waals surface area contributed by atoms with Crippen molar-refractivity contribution >= 4 is 17.5 Å². The summed E-state index contributed by atoms with van der Waals surface area (Å²) in [6, 6.07) is 9.91. The van der Waals surface area contributed by atoms with Crippen molar-refractivity contribution in [1.29, 1.82) is 0 Å². The van der Waals surface area contributed by atoms with Gasteiger partial charge in [0, 0.05) is 18.7 Å². The molecular formula is C16H16N2O4. The molecule has 1 aliphatic rings. The number of phenols is 1. The average molecular weight is 300 g/mol. The van der Waals surface area contributed by atoms with Crippen molar-refractivity contribution in [1.82, 2.24) is 5.32 Å². The van der Waals surface area contributed by atoms with Crippen LogP contribution in [0.2, 0.25) is 0 Å². The van der Waals surface area contributed by atoms with E-state index < -0.39 is 0 Å². The Hall–Kier alpha value is -2.76. The molecule has 1 atom stereocenters. The minimum atomic E-state index is -0.378. The molecule has 3 rings (SSSR count). The van der Waals surface area contributed by atoms with E-state index >= 15 is 0 Å². The van der Waals surface area contributed by atoms with Gasteiger partial charge in [0.2, 0.25) is 11.8 Å². The van der Waals surface area contributed by atoms with E-state index in [1.165, 1.54) is 12.1 Å². The summed E-state index contributed by atoms with van der Waals surface area (Å²) in [6.45, 7) is 0.656. The number of anilines is 1. The minimum Gasteiger partial charge on any atom is -0.508 e. The van der Waals surface area contributed by atoms with Crippen LogP contribution in [0, 0.1) is 5.92 Å². The molecule has 6 nitrogen and oxygen atoms in total. The lowest BCUT2D eigenvalue weighted by atomic mass is 10.1. The lowest BCUT2D eigenvalue weighted by molar-refractivity contribution is -0.126. The first-order valence-electron chi connectivity index (χ1n) is 7.03. The summed E-state index contributed by atoms with van der Waals surface area (Å²) in [7, 11) is 0. The Morgan fingerprint density at radius 3 is 2.77 bits per heavy atom. The van der Waals surface area contributed by atoms with Crippen molar-refractivity contribution in [2.75, 3.05) is 11.4 Å². The molecule has 0 unspecified atom stereocenters. The first-order chi connectivity index (χ1) is 10.6. The third kappa shape index (κ3) is 2.95. The first-order valence-corrected chi connectivity index (χ1v) is 7.03. The number of nitrogens with one attached hydrogen (secondary N) is 1. The fourth-order valence-electron chi connectivity index (χ4n) is 2.50. The normalized spacial score (nSPS) is 17.7. The van der Waals surface area contributed by atoms with Crippen LogP contribution in [0.5, 0.6) is 5.75 Å². The molecule has 22 heavy (non-hydrogen) atoms. The molecule has 114 valence electrons. The zero-order valence-electron chi connectivity index (χ0n) is 11.9. The second-order valence-corrected chi connectivity index (χ2v) is 5.22. The largest absolute Gasteiger partial charge is 0.508 e. The molecule has 0 saturated carbocycles. The molecule has 1 saturated heterocycles. The van der Waals surface area contributed by atoms with Gasteiger partial charge in [0.15, 0.2) is 0 Å². The highest BCUT2D eigenvalue weighted by Crippen LogP contribution is 2.26. The van der Waals surface area contributed by atoms with Gasteiger partial charge in [0.05, 0.1) is 18.7 Å². The Bertz CT molecular complexity index is 664. The Morgan fingerprint density at radius 2 is 2.09 bits per heavy atom. The van der Waals surface area contributed by atoms with Crippen LogP contribution in [-0.2, 0) is 16.1 Å². The third-order valence-electron chi connectivity index (χ3n) is 3.67. The van der Waals surface area contributed by atoms with Crippen LogP contribution in [0.3, 0.4) is 0 Å². The molecule has 1 aromatic carbocycles. The van der Waals surface area contributed by atoms with E-state index in [4.69, 9.17) is 4.42 Å². The second kappa shape index (κ2) is 5.93. The predicted molar refractivity (Wildman–Crippen MR) is 79.1 cm³/mol. The zero-order chi connectivity index (χ0) is 15.5. The number of aromatic hydroxyl groups is 1. The molecule has 0 radical (unpaired) electrons. The molecule has 2 heterocycles. The van der Waals surface area contributed by atoms with Gasteiger partial charge in [-0.25, -0.2) is 0 Å². The standard InChI is InChI=1S/C16H16N2O4/c19-13-5-3-12(4-6-13)18-10-11(8-15(18)20)16(21)17-9-14-2-1-7-22-14/h1-7,11,19H,8-10H2,(H,17,21)/t11-/m1/s1. The van der Waals surface area contributed by atoms with Crippen LogP contribution in [-0.4, -0.2) is 23.5 Å². The maximum Gasteiger partial charge on any atom is 0.227 e. The second-order valence-electron chi connectivity index (χ2n) is 5.22. The van der Waals surface area contributed by atoms with Gasteiger partial charge < -0.3 is 19.7 Å². The van der Waals surface area contributed by atoms with E-state index in [0.29, 0.717) is 24.5 Å². The molecule has 1 aliphatic heterocycles. The Balaban J connectivity index is 1.61. The monoisotopic (exact) mass is 300 g/mol. The molecule has 2 amide bonds. The maximum absolute atomic E-state index is 12.1. The molecular weight excluding hydrogens is 284 g/mol. The molecule has 6 heteroatoms. The molecule has 2 aromatic rings. The van der Waals surface area contributed by atoms with Gasteiger partial charge in [-0.2, -0.15) is 0 Å². The fourth-order valence-corrected chi connectivity index (χ4v) is 2.50. The molecule has 2 N–H and O–H groups in total. The topological polar surface area (TPSA) is 82.8 Å². The number of benzene rings is 1. The summed E-state index contributed by atoms with van der Waals surface area (Å²) in [5.74, 6) is 0.183. The van der Waals surface area contributed by atoms with Crippen molar-refractivity contribution in [3.63, 3.8) is 0 Å². The van der Waals surface area contributed by atoms with Crippen LogP contribution in [0.15, 0.2) is 47.1 Å². The van der Waals surface area contributed by atoms with Crippen LogP contribution >= 0.6 is 0 Å². The highest BCUT2D eigenvalue weighted by molar-refractivity contribution is 6.00. The summed E-state index contributed by atoms with van der Waals surface area (Å²) in [4.78, 5) is 25.8. The Labute approximate surface area is 127 Å². The van der Waals surface area contributed by atoms with Crippen LogP contribution < -0.4 is 10.2 Å². The van der Waals surface area contributed by atoms with E-state index in [1.807, 2.05) is 0 Å². The number of nitrogens with zero attached hydrogens (tertiary/aromatic N) is 1. The summed E-state index contributed by atoms with van der Waals surface area (Å²) >= 11 is 0. The number of hydrogen-bond acceptors (Lipinski definition) is 4. The van der Waals surface area contributed by atoms with Crippen LogP contribution in [0.4, 0.5) is 5.69 Å². The quantitative estimate of drug-likeness (QED) is 0.899. The number of rotatable bonds is 4. The van der Waals surface area contributed by atoms with Gasteiger partial charge in [-0.3, -0.25) is 9.59 Å². The number of carbonyl (C=O) groups is 2. The van der Waals surface area contributed by atoms with Crippen LogP contribution in [0.25, 0.3) is 0 Å². The number of phenolic OH excluding ortho intramolecular Hbond substituents is 1. The highest BCUT2D eigenvalue weighted by atomic mass is 16.3. The number of hydrogen-bond donors (Lipinski definition) is 2. The van der Waals surface area contributed by atoms with Crippen molar-refractivity contribution in [3.05, 3.63) is 48.4 Å². The van der Waals surface area contributed by atoms with Gasteiger partial charge in [-0.1, -0.05) is 0 Å². The van der Waals surface area contributed by atoms with Gasteiger partial charge >= 0.3 is 0 Å². The van der Waals surface area contributed by atoms with Gasteiger partial charge in [-0.05, 0) is 36.4 Å². The molecule has 1 fully saturated rings. The molecule has 0 bridgehead atoms. The van der Waals surface area contributed by atoms with Crippen molar-refractivity contribution < 1.29 is 19.1 Å². The maximum atomic E-state index is 12.1. The van der Waals surface area contributed by atoms with Gasteiger partial charge in [0.25, 0.3) is 0 Å². The van der Waals surface area contributed by atoms with Crippen molar-refractivity contribution in [2.24, 2.45) is 5.92 Å². The smallest absolute Gasteiger partial charge is 0.227 e. The summed E-state index contributed by atoms with van der Waals surface area (Å²) in [5.41, 5.74) is 0.684. The fraction of sp³-hybridized carbons (Fsp3) is 0.250.